The van der Waals surface area contributed by atoms with E-state index in [-0.39, 0.29) is 0 Å². The zero-order valence-corrected chi connectivity index (χ0v) is 17.3. The van der Waals surface area contributed by atoms with Crippen LogP contribution in [0.3, 0.4) is 0 Å². The number of rotatable bonds is 0. The summed E-state index contributed by atoms with van der Waals surface area (Å²) in [6.45, 7) is 0. The Morgan fingerprint density at radius 3 is 1.78 bits per heavy atom. The van der Waals surface area contributed by atoms with Crippen LogP contribution < -0.4 is 0 Å². The number of hydrogen-bond acceptors (Lipinski definition) is 1. The molecule has 1 N–H and O–H groups in total. The van der Waals surface area contributed by atoms with Crippen molar-refractivity contribution in [2.75, 3.05) is 0 Å². The Bertz CT molecular complexity index is 1680. The van der Waals surface area contributed by atoms with Crippen molar-refractivity contribution in [2.45, 2.75) is 5.60 Å². The van der Waals surface area contributed by atoms with Crippen molar-refractivity contribution in [3.63, 3.8) is 0 Å². The van der Waals surface area contributed by atoms with Crippen LogP contribution >= 0.6 is 0 Å². The number of hydrogen-bond donors (Lipinski definition) is 1. The van der Waals surface area contributed by atoms with Crippen molar-refractivity contribution in [3.05, 3.63) is 120 Å². The molecule has 7 rings (SSSR count). The molecule has 0 spiro atoms. The molecular weight excluding hydrogens is 388 g/mol. The zero-order chi connectivity index (χ0) is 21.3. The summed E-state index contributed by atoms with van der Waals surface area (Å²) in [5.74, 6) is 6.63. The van der Waals surface area contributed by atoms with Crippen LogP contribution in [0, 0.1) is 11.8 Å². The third-order valence-corrected chi connectivity index (χ3v) is 6.83. The molecule has 0 aliphatic heterocycles. The molecule has 1 aliphatic carbocycles. The summed E-state index contributed by atoms with van der Waals surface area (Å²) in [5.41, 5.74) is 3.42. The molecule has 0 atom stereocenters. The third-order valence-electron chi connectivity index (χ3n) is 6.83. The average Bonchev–Trinajstić information content (AvgIpc) is 3.11. The van der Waals surface area contributed by atoms with Gasteiger partial charge in [0.25, 0.3) is 0 Å². The quantitative estimate of drug-likeness (QED) is 0.216. The highest BCUT2D eigenvalue weighted by Gasteiger charge is 2.40. The van der Waals surface area contributed by atoms with Crippen molar-refractivity contribution >= 4 is 32.3 Å². The molecule has 0 aromatic heterocycles. The first kappa shape index (κ1) is 17.5. The van der Waals surface area contributed by atoms with Crippen LogP contribution in [0.25, 0.3) is 43.4 Å². The summed E-state index contributed by atoms with van der Waals surface area (Å²) in [7, 11) is 0. The van der Waals surface area contributed by atoms with Crippen LogP contribution in [0.1, 0.15) is 16.7 Å². The summed E-state index contributed by atoms with van der Waals surface area (Å²) >= 11 is 0. The van der Waals surface area contributed by atoms with E-state index in [1.807, 2.05) is 36.4 Å². The molecule has 6 aromatic rings. The van der Waals surface area contributed by atoms with E-state index in [2.05, 4.69) is 78.6 Å². The van der Waals surface area contributed by atoms with Crippen molar-refractivity contribution in [1.82, 2.24) is 0 Å². The molecule has 0 unspecified atom stereocenters. The highest BCUT2D eigenvalue weighted by Crippen LogP contribution is 2.47. The van der Waals surface area contributed by atoms with Crippen LogP contribution in [0.5, 0.6) is 0 Å². The molecular formula is C31H18O. The van der Waals surface area contributed by atoms with E-state index in [9.17, 15) is 5.11 Å². The van der Waals surface area contributed by atoms with Gasteiger partial charge in [-0.2, -0.15) is 0 Å². The van der Waals surface area contributed by atoms with E-state index in [0.29, 0.717) is 0 Å². The highest BCUT2D eigenvalue weighted by molar-refractivity contribution is 6.23. The van der Waals surface area contributed by atoms with E-state index < -0.39 is 5.60 Å². The first-order valence-electron chi connectivity index (χ1n) is 10.9. The molecule has 1 nitrogen and oxygen atoms in total. The Morgan fingerprint density at radius 1 is 0.531 bits per heavy atom. The number of benzene rings is 6. The highest BCUT2D eigenvalue weighted by atomic mass is 16.3. The predicted octanol–water partition coefficient (Wildman–Crippen LogP) is 6.85. The summed E-state index contributed by atoms with van der Waals surface area (Å²) < 4.78 is 0. The van der Waals surface area contributed by atoms with Crippen LogP contribution in [-0.4, -0.2) is 5.11 Å². The molecule has 0 saturated carbocycles. The minimum Gasteiger partial charge on any atom is -0.369 e. The molecule has 32 heavy (non-hydrogen) atoms. The monoisotopic (exact) mass is 406 g/mol. The van der Waals surface area contributed by atoms with Gasteiger partial charge in [-0.05, 0) is 49.5 Å². The van der Waals surface area contributed by atoms with Crippen LogP contribution in [0.15, 0.2) is 103 Å². The molecule has 6 aromatic carbocycles. The van der Waals surface area contributed by atoms with Gasteiger partial charge in [0.1, 0.15) is 0 Å². The fourth-order valence-corrected chi connectivity index (χ4v) is 5.35. The fraction of sp³-hybridized carbons (Fsp3) is 0.0323. The van der Waals surface area contributed by atoms with Gasteiger partial charge in [0.05, 0.1) is 0 Å². The molecule has 0 heterocycles. The van der Waals surface area contributed by atoms with Gasteiger partial charge in [-0.1, -0.05) is 109 Å². The van der Waals surface area contributed by atoms with Crippen LogP contribution in [-0.2, 0) is 5.60 Å². The van der Waals surface area contributed by atoms with Gasteiger partial charge < -0.3 is 5.11 Å². The first-order valence-corrected chi connectivity index (χ1v) is 10.9. The van der Waals surface area contributed by atoms with E-state index in [1.165, 1.54) is 26.9 Å². The van der Waals surface area contributed by atoms with Crippen molar-refractivity contribution in [3.8, 4) is 23.0 Å². The third kappa shape index (κ3) is 2.22. The Balaban J connectivity index is 1.49. The van der Waals surface area contributed by atoms with Gasteiger partial charge in [-0.25, -0.2) is 0 Å². The van der Waals surface area contributed by atoms with Gasteiger partial charge in [0.2, 0.25) is 0 Å². The van der Waals surface area contributed by atoms with E-state index in [1.54, 1.807) is 0 Å². The Morgan fingerprint density at radius 2 is 1.09 bits per heavy atom. The molecule has 0 bridgehead atoms. The van der Waals surface area contributed by atoms with Crippen molar-refractivity contribution in [2.24, 2.45) is 0 Å². The smallest absolute Gasteiger partial charge is 0.178 e. The summed E-state index contributed by atoms with van der Waals surface area (Å²) in [6, 6.07) is 35.4. The summed E-state index contributed by atoms with van der Waals surface area (Å²) in [4.78, 5) is 0. The molecule has 0 amide bonds. The van der Waals surface area contributed by atoms with Gasteiger partial charge >= 0.3 is 0 Å². The molecule has 148 valence electrons. The van der Waals surface area contributed by atoms with Gasteiger partial charge in [0, 0.05) is 16.7 Å². The fourth-order valence-electron chi connectivity index (χ4n) is 5.35. The molecule has 1 heteroatoms. The van der Waals surface area contributed by atoms with Crippen LogP contribution in [0.4, 0.5) is 0 Å². The van der Waals surface area contributed by atoms with Gasteiger partial charge in [-0.3, -0.25) is 0 Å². The topological polar surface area (TPSA) is 20.2 Å². The van der Waals surface area contributed by atoms with Gasteiger partial charge in [-0.15, -0.1) is 0 Å². The molecule has 1 aliphatic rings. The standard InChI is InChI=1S/C31H18O/c32-31(27-10-3-1-8-25(27)26-9-2-4-11-28(26)31)19-18-20-12-13-23-15-14-21-6-5-7-22-16-17-24(20)30(23)29(21)22/h1-17,32H. The first-order chi connectivity index (χ1) is 15.7. The maximum Gasteiger partial charge on any atom is 0.178 e. The van der Waals surface area contributed by atoms with Crippen molar-refractivity contribution < 1.29 is 5.11 Å². The maximum atomic E-state index is 11.8. The predicted molar refractivity (Wildman–Crippen MR) is 132 cm³/mol. The molecule has 0 radical (unpaired) electrons. The minimum absolute atomic E-state index is 0.853. The SMILES string of the molecule is OC1(C#Cc2ccc3ccc4cccc5ccc2c3c45)c2ccccc2-c2ccccc21. The Hall–Kier alpha value is -4.12. The van der Waals surface area contributed by atoms with E-state index in [0.717, 1.165) is 33.2 Å². The largest absolute Gasteiger partial charge is 0.369 e. The summed E-state index contributed by atoms with van der Waals surface area (Å²) in [5, 5.41) is 19.2. The lowest BCUT2D eigenvalue weighted by Crippen LogP contribution is -2.22. The number of fused-ring (bicyclic) bond motifs is 3. The van der Waals surface area contributed by atoms with Crippen molar-refractivity contribution in [1.29, 1.82) is 0 Å². The second-order valence-corrected chi connectivity index (χ2v) is 8.52. The Labute approximate surface area is 185 Å². The lowest BCUT2D eigenvalue weighted by atomic mass is 9.90. The second-order valence-electron chi connectivity index (χ2n) is 8.52. The molecule has 0 saturated heterocycles. The summed E-state index contributed by atoms with van der Waals surface area (Å²) in [6.07, 6.45) is 0. The zero-order valence-electron chi connectivity index (χ0n) is 17.3. The Kier molecular flexibility index (Phi) is 3.40. The van der Waals surface area contributed by atoms with E-state index >= 15 is 0 Å². The lowest BCUT2D eigenvalue weighted by Gasteiger charge is -2.19. The minimum atomic E-state index is -1.32. The van der Waals surface area contributed by atoms with E-state index in [4.69, 9.17) is 0 Å². The normalized spacial score (nSPS) is 13.8. The number of aliphatic hydroxyl groups is 1. The average molecular weight is 406 g/mol. The maximum absolute atomic E-state index is 11.8. The second kappa shape index (κ2) is 6.20. The van der Waals surface area contributed by atoms with Gasteiger partial charge in [0.15, 0.2) is 5.60 Å². The van der Waals surface area contributed by atoms with Crippen LogP contribution in [0.2, 0.25) is 0 Å². The molecule has 0 fully saturated rings. The lowest BCUT2D eigenvalue weighted by molar-refractivity contribution is 0.150.